The van der Waals surface area contributed by atoms with Gasteiger partial charge in [-0.25, -0.2) is 4.39 Å². The molecule has 1 aromatic carbocycles. The Morgan fingerprint density at radius 1 is 1.37 bits per heavy atom. The van der Waals surface area contributed by atoms with E-state index in [1.165, 1.54) is 12.1 Å². The minimum absolute atomic E-state index is 0.125. The van der Waals surface area contributed by atoms with Crippen LogP contribution in [0, 0.1) is 5.82 Å². The number of hydrogen-bond donors (Lipinski definition) is 2. The number of carbonyl (C=O) groups is 1. The SMILES string of the molecule is CC(O)CN(C)CC(=O)NC(C)c1ccc(F)cc1. The Hall–Kier alpha value is -1.46. The zero-order valence-electron chi connectivity index (χ0n) is 11.6. The van der Waals surface area contributed by atoms with Crippen molar-refractivity contribution in [1.82, 2.24) is 10.2 Å². The van der Waals surface area contributed by atoms with E-state index in [9.17, 15) is 14.3 Å². The van der Waals surface area contributed by atoms with Crippen LogP contribution in [0.2, 0.25) is 0 Å². The van der Waals surface area contributed by atoms with E-state index in [1.807, 2.05) is 6.92 Å². The van der Waals surface area contributed by atoms with E-state index in [4.69, 9.17) is 0 Å². The molecule has 19 heavy (non-hydrogen) atoms. The number of benzene rings is 1. The Morgan fingerprint density at radius 3 is 2.47 bits per heavy atom. The van der Waals surface area contributed by atoms with E-state index in [1.54, 1.807) is 31.0 Å². The van der Waals surface area contributed by atoms with Crippen LogP contribution in [0.15, 0.2) is 24.3 Å². The van der Waals surface area contributed by atoms with E-state index in [2.05, 4.69) is 5.32 Å². The molecule has 0 aromatic heterocycles. The van der Waals surface area contributed by atoms with Gasteiger partial charge in [-0.2, -0.15) is 0 Å². The van der Waals surface area contributed by atoms with Crippen molar-refractivity contribution in [2.45, 2.75) is 26.0 Å². The lowest BCUT2D eigenvalue weighted by Gasteiger charge is -2.20. The molecule has 5 heteroatoms. The molecule has 0 saturated heterocycles. The predicted molar refractivity (Wildman–Crippen MR) is 72.1 cm³/mol. The molecule has 0 radical (unpaired) electrons. The second-order valence-corrected chi connectivity index (χ2v) is 4.89. The number of aliphatic hydroxyl groups is 1. The molecule has 0 aliphatic carbocycles. The number of carbonyl (C=O) groups excluding carboxylic acids is 1. The van der Waals surface area contributed by atoms with Crippen LogP contribution in [0.25, 0.3) is 0 Å². The highest BCUT2D eigenvalue weighted by Crippen LogP contribution is 2.12. The second-order valence-electron chi connectivity index (χ2n) is 4.89. The van der Waals surface area contributed by atoms with Gasteiger partial charge in [0.1, 0.15) is 5.82 Å². The summed E-state index contributed by atoms with van der Waals surface area (Å²) in [5, 5.41) is 12.0. The number of hydrogen-bond acceptors (Lipinski definition) is 3. The van der Waals surface area contributed by atoms with Gasteiger partial charge in [0.2, 0.25) is 5.91 Å². The molecule has 2 N–H and O–H groups in total. The first-order valence-electron chi connectivity index (χ1n) is 6.30. The van der Waals surface area contributed by atoms with E-state index in [-0.39, 0.29) is 24.3 Å². The molecule has 0 fully saturated rings. The molecule has 4 nitrogen and oxygen atoms in total. The molecule has 106 valence electrons. The summed E-state index contributed by atoms with van der Waals surface area (Å²) >= 11 is 0. The summed E-state index contributed by atoms with van der Waals surface area (Å²) in [7, 11) is 1.77. The lowest BCUT2D eigenvalue weighted by molar-refractivity contribution is -0.122. The van der Waals surface area contributed by atoms with Crippen LogP contribution >= 0.6 is 0 Å². The molecule has 2 unspecified atom stereocenters. The van der Waals surface area contributed by atoms with E-state index >= 15 is 0 Å². The average Bonchev–Trinajstić information content (AvgIpc) is 2.27. The molecule has 2 atom stereocenters. The smallest absolute Gasteiger partial charge is 0.234 e. The Balaban J connectivity index is 2.45. The first-order chi connectivity index (χ1) is 8.88. The Bertz CT molecular complexity index is 406. The minimum Gasteiger partial charge on any atom is -0.392 e. The number of halogens is 1. The van der Waals surface area contributed by atoms with Crippen LogP contribution in [0.1, 0.15) is 25.5 Å². The van der Waals surface area contributed by atoms with Gasteiger partial charge in [-0.1, -0.05) is 12.1 Å². The van der Waals surface area contributed by atoms with Crippen molar-refractivity contribution in [1.29, 1.82) is 0 Å². The Kier molecular flexibility index (Phi) is 5.92. The van der Waals surface area contributed by atoms with E-state index in [0.717, 1.165) is 5.56 Å². The molecular formula is C14H21FN2O2. The zero-order chi connectivity index (χ0) is 14.4. The Morgan fingerprint density at radius 2 is 1.95 bits per heavy atom. The van der Waals surface area contributed by atoms with Crippen molar-refractivity contribution in [3.8, 4) is 0 Å². The third kappa shape index (κ3) is 5.81. The number of rotatable bonds is 6. The fourth-order valence-electron chi connectivity index (χ4n) is 1.88. The molecule has 1 rings (SSSR count). The first-order valence-corrected chi connectivity index (χ1v) is 6.30. The third-order valence-corrected chi connectivity index (χ3v) is 2.74. The van der Waals surface area contributed by atoms with Crippen molar-refractivity contribution >= 4 is 5.91 Å². The molecular weight excluding hydrogens is 247 g/mol. The maximum Gasteiger partial charge on any atom is 0.234 e. The fourth-order valence-corrected chi connectivity index (χ4v) is 1.88. The van der Waals surface area contributed by atoms with Crippen molar-refractivity contribution < 1.29 is 14.3 Å². The highest BCUT2D eigenvalue weighted by molar-refractivity contribution is 5.78. The highest BCUT2D eigenvalue weighted by atomic mass is 19.1. The van der Waals surface area contributed by atoms with Gasteiger partial charge in [0.25, 0.3) is 0 Å². The quantitative estimate of drug-likeness (QED) is 0.818. The van der Waals surface area contributed by atoms with Crippen LogP contribution in [-0.2, 0) is 4.79 Å². The summed E-state index contributed by atoms with van der Waals surface area (Å²) in [4.78, 5) is 13.5. The van der Waals surface area contributed by atoms with Gasteiger partial charge in [-0.05, 0) is 38.6 Å². The van der Waals surface area contributed by atoms with Crippen LogP contribution in [0.3, 0.4) is 0 Å². The number of likely N-dealkylation sites (N-methyl/N-ethyl adjacent to an activating group) is 1. The predicted octanol–water partition coefficient (Wildman–Crippen LogP) is 1.32. The largest absolute Gasteiger partial charge is 0.392 e. The minimum atomic E-state index is -0.465. The summed E-state index contributed by atoms with van der Waals surface area (Å²) in [6.45, 7) is 4.18. The van der Waals surface area contributed by atoms with Crippen LogP contribution in [0.4, 0.5) is 4.39 Å². The summed E-state index contributed by atoms with van der Waals surface area (Å²) < 4.78 is 12.8. The standard InChI is InChI=1S/C14H21FN2O2/c1-10(18)8-17(3)9-14(19)16-11(2)12-4-6-13(15)7-5-12/h4-7,10-11,18H,8-9H2,1-3H3,(H,16,19). The maximum absolute atomic E-state index is 12.8. The lowest BCUT2D eigenvalue weighted by atomic mass is 10.1. The number of amides is 1. The molecule has 0 bridgehead atoms. The summed E-state index contributed by atoms with van der Waals surface area (Å²) in [6, 6.07) is 5.88. The second kappa shape index (κ2) is 7.21. The molecule has 0 saturated carbocycles. The van der Waals surface area contributed by atoms with Gasteiger partial charge in [-0.3, -0.25) is 9.69 Å². The van der Waals surface area contributed by atoms with Gasteiger partial charge in [0, 0.05) is 6.54 Å². The summed E-state index contributed by atoms with van der Waals surface area (Å²) in [6.07, 6.45) is -0.465. The first kappa shape index (κ1) is 15.6. The third-order valence-electron chi connectivity index (χ3n) is 2.74. The number of aliphatic hydroxyl groups excluding tert-OH is 1. The number of nitrogens with one attached hydrogen (secondary N) is 1. The fraction of sp³-hybridized carbons (Fsp3) is 0.500. The Labute approximate surface area is 113 Å². The van der Waals surface area contributed by atoms with Crippen molar-refractivity contribution in [3.05, 3.63) is 35.6 Å². The zero-order valence-corrected chi connectivity index (χ0v) is 11.6. The maximum atomic E-state index is 12.8. The molecule has 1 amide bonds. The molecule has 0 aliphatic heterocycles. The van der Waals surface area contributed by atoms with Gasteiger partial charge in [0.15, 0.2) is 0 Å². The normalized spacial score (nSPS) is 14.2. The lowest BCUT2D eigenvalue weighted by Crippen LogP contribution is -2.38. The van der Waals surface area contributed by atoms with Crippen LogP contribution < -0.4 is 5.32 Å². The molecule has 0 aliphatic rings. The summed E-state index contributed by atoms with van der Waals surface area (Å²) in [5.74, 6) is -0.418. The van der Waals surface area contributed by atoms with Crippen molar-refractivity contribution in [2.75, 3.05) is 20.1 Å². The van der Waals surface area contributed by atoms with Gasteiger partial charge in [0.05, 0.1) is 18.7 Å². The topological polar surface area (TPSA) is 52.6 Å². The van der Waals surface area contributed by atoms with Crippen molar-refractivity contribution in [2.24, 2.45) is 0 Å². The van der Waals surface area contributed by atoms with Crippen LogP contribution in [0.5, 0.6) is 0 Å². The van der Waals surface area contributed by atoms with Crippen LogP contribution in [-0.4, -0.2) is 42.2 Å². The average molecular weight is 268 g/mol. The highest BCUT2D eigenvalue weighted by Gasteiger charge is 2.12. The van der Waals surface area contributed by atoms with Gasteiger partial charge < -0.3 is 10.4 Å². The van der Waals surface area contributed by atoms with E-state index in [0.29, 0.717) is 6.54 Å². The monoisotopic (exact) mass is 268 g/mol. The molecule has 1 aromatic rings. The summed E-state index contributed by atoms with van der Waals surface area (Å²) in [5.41, 5.74) is 0.855. The molecule has 0 spiro atoms. The number of nitrogens with zero attached hydrogens (tertiary/aromatic N) is 1. The van der Waals surface area contributed by atoms with Crippen molar-refractivity contribution in [3.63, 3.8) is 0 Å². The van der Waals surface area contributed by atoms with E-state index < -0.39 is 6.10 Å². The molecule has 0 heterocycles. The van der Waals surface area contributed by atoms with Gasteiger partial charge >= 0.3 is 0 Å². The van der Waals surface area contributed by atoms with Gasteiger partial charge in [-0.15, -0.1) is 0 Å².